The molecular formula is C27H23N5O2. The van der Waals surface area contributed by atoms with Crippen molar-refractivity contribution in [1.82, 2.24) is 14.8 Å². The van der Waals surface area contributed by atoms with Crippen molar-refractivity contribution in [2.24, 2.45) is 4.99 Å². The summed E-state index contributed by atoms with van der Waals surface area (Å²) in [5, 5.41) is 7.33. The monoisotopic (exact) mass is 449 g/mol. The molecule has 2 heterocycles. The molecule has 5 rings (SSSR count). The fourth-order valence-electron chi connectivity index (χ4n) is 3.88. The molecule has 0 radical (unpaired) electrons. The predicted molar refractivity (Wildman–Crippen MR) is 133 cm³/mol. The number of carbonyl (C=O) groups is 1. The second-order valence-corrected chi connectivity index (χ2v) is 7.83. The average Bonchev–Trinajstić information content (AvgIpc) is 3.30. The maximum atomic E-state index is 12.5. The maximum absolute atomic E-state index is 12.5. The molecule has 168 valence electrons. The normalized spacial score (nSPS) is 15.0. The van der Waals surface area contributed by atoms with Crippen LogP contribution in [0.25, 0.3) is 6.08 Å². The highest BCUT2D eigenvalue weighted by Gasteiger charge is 2.27. The number of amides is 1. The Morgan fingerprint density at radius 2 is 1.71 bits per heavy atom. The summed E-state index contributed by atoms with van der Waals surface area (Å²) < 4.78 is 6.94. The third-order valence-electron chi connectivity index (χ3n) is 5.60. The molecule has 0 aliphatic carbocycles. The summed E-state index contributed by atoms with van der Waals surface area (Å²) in [4.78, 5) is 21.8. The number of carbonyl (C=O) groups excluding carboxylic acids is 1. The minimum absolute atomic E-state index is 0.0723. The molecule has 0 bridgehead atoms. The Morgan fingerprint density at radius 1 is 1.00 bits per heavy atom. The van der Waals surface area contributed by atoms with Gasteiger partial charge in [-0.05, 0) is 34.9 Å². The molecule has 1 amide bonds. The lowest BCUT2D eigenvalue weighted by atomic mass is 9.96. The Balaban J connectivity index is 1.40. The molecule has 1 aliphatic rings. The van der Waals surface area contributed by atoms with E-state index in [0.29, 0.717) is 12.4 Å². The molecule has 0 spiro atoms. The predicted octanol–water partition coefficient (Wildman–Crippen LogP) is 5.05. The van der Waals surface area contributed by atoms with Crippen LogP contribution < -0.4 is 10.1 Å². The SMILES string of the molecule is COc1ccc(/C=C/C(=O)Nc2nc3n(n2)C(c2ccccc2)CC(c2ccccc2)=N3)cc1. The number of aliphatic imine (C=N–C) groups is 1. The Labute approximate surface area is 197 Å². The first-order chi connectivity index (χ1) is 16.7. The number of hydrogen-bond acceptors (Lipinski definition) is 5. The van der Waals surface area contributed by atoms with E-state index in [2.05, 4.69) is 27.5 Å². The van der Waals surface area contributed by atoms with Crippen LogP contribution in [-0.2, 0) is 4.79 Å². The Hall–Kier alpha value is -4.52. The number of anilines is 1. The van der Waals surface area contributed by atoms with Crippen molar-refractivity contribution < 1.29 is 9.53 Å². The number of fused-ring (bicyclic) bond motifs is 1. The van der Waals surface area contributed by atoms with Gasteiger partial charge in [-0.1, -0.05) is 72.8 Å². The Kier molecular flexibility index (Phi) is 5.99. The average molecular weight is 450 g/mol. The number of aromatic nitrogens is 3. The lowest BCUT2D eigenvalue weighted by molar-refractivity contribution is -0.111. The van der Waals surface area contributed by atoms with Gasteiger partial charge in [0.25, 0.3) is 17.8 Å². The number of nitrogens with one attached hydrogen (secondary N) is 1. The van der Waals surface area contributed by atoms with Crippen molar-refractivity contribution in [2.45, 2.75) is 12.5 Å². The summed E-state index contributed by atoms with van der Waals surface area (Å²) in [5.74, 6) is 1.13. The number of nitrogens with zero attached hydrogens (tertiary/aromatic N) is 4. The van der Waals surface area contributed by atoms with Gasteiger partial charge in [0.2, 0.25) is 0 Å². The van der Waals surface area contributed by atoms with Crippen molar-refractivity contribution >= 4 is 29.6 Å². The highest BCUT2D eigenvalue weighted by molar-refractivity contribution is 6.03. The summed E-state index contributed by atoms with van der Waals surface area (Å²) in [6.07, 6.45) is 3.85. The van der Waals surface area contributed by atoms with Gasteiger partial charge in [-0.15, -0.1) is 5.10 Å². The highest BCUT2D eigenvalue weighted by atomic mass is 16.5. The van der Waals surface area contributed by atoms with E-state index in [-0.39, 0.29) is 17.9 Å². The van der Waals surface area contributed by atoms with E-state index >= 15 is 0 Å². The number of benzene rings is 3. The molecule has 4 aromatic rings. The van der Waals surface area contributed by atoms with E-state index in [1.165, 1.54) is 6.08 Å². The molecule has 1 N–H and O–H groups in total. The molecule has 34 heavy (non-hydrogen) atoms. The van der Waals surface area contributed by atoms with E-state index in [1.807, 2.05) is 72.8 Å². The van der Waals surface area contributed by atoms with Crippen molar-refractivity contribution in [2.75, 3.05) is 12.4 Å². The van der Waals surface area contributed by atoms with Gasteiger partial charge in [0.05, 0.1) is 18.9 Å². The molecule has 0 saturated carbocycles. The largest absolute Gasteiger partial charge is 0.497 e. The molecule has 1 atom stereocenters. The first-order valence-corrected chi connectivity index (χ1v) is 11.0. The van der Waals surface area contributed by atoms with Crippen molar-refractivity contribution in [3.8, 4) is 5.75 Å². The minimum Gasteiger partial charge on any atom is -0.497 e. The fourth-order valence-corrected chi connectivity index (χ4v) is 3.88. The van der Waals surface area contributed by atoms with Crippen LogP contribution in [0.15, 0.2) is 96.0 Å². The second kappa shape index (κ2) is 9.54. The van der Waals surface area contributed by atoms with Gasteiger partial charge < -0.3 is 4.74 Å². The van der Waals surface area contributed by atoms with Crippen LogP contribution in [0, 0.1) is 0 Å². The topological polar surface area (TPSA) is 81.4 Å². The van der Waals surface area contributed by atoms with Crippen LogP contribution >= 0.6 is 0 Å². The molecule has 7 nitrogen and oxygen atoms in total. The van der Waals surface area contributed by atoms with Crippen LogP contribution in [0.2, 0.25) is 0 Å². The molecule has 3 aromatic carbocycles. The second-order valence-electron chi connectivity index (χ2n) is 7.83. The molecule has 1 aliphatic heterocycles. The summed E-state index contributed by atoms with van der Waals surface area (Å²) in [5.41, 5.74) is 3.97. The minimum atomic E-state index is -0.317. The zero-order valence-corrected chi connectivity index (χ0v) is 18.6. The number of rotatable bonds is 6. The van der Waals surface area contributed by atoms with Gasteiger partial charge in [0.15, 0.2) is 0 Å². The lowest BCUT2D eigenvalue weighted by Crippen LogP contribution is -2.21. The zero-order chi connectivity index (χ0) is 23.3. The quantitative estimate of drug-likeness (QED) is 0.418. The Morgan fingerprint density at radius 3 is 2.41 bits per heavy atom. The fraction of sp³-hybridized carbons (Fsp3) is 0.111. The summed E-state index contributed by atoms with van der Waals surface area (Å²) in [7, 11) is 1.62. The van der Waals surface area contributed by atoms with Gasteiger partial charge in [0.1, 0.15) is 5.75 Å². The van der Waals surface area contributed by atoms with Crippen LogP contribution in [0.5, 0.6) is 5.75 Å². The van der Waals surface area contributed by atoms with Crippen LogP contribution in [0.4, 0.5) is 11.9 Å². The van der Waals surface area contributed by atoms with E-state index < -0.39 is 0 Å². The lowest BCUT2D eigenvalue weighted by Gasteiger charge is -2.23. The van der Waals surface area contributed by atoms with Crippen LogP contribution in [0.3, 0.4) is 0 Å². The van der Waals surface area contributed by atoms with Gasteiger partial charge >= 0.3 is 0 Å². The zero-order valence-electron chi connectivity index (χ0n) is 18.6. The summed E-state index contributed by atoms with van der Waals surface area (Å²) >= 11 is 0. The first kappa shape index (κ1) is 21.3. The summed E-state index contributed by atoms with van der Waals surface area (Å²) in [6, 6.07) is 27.6. The van der Waals surface area contributed by atoms with Gasteiger partial charge in [-0.3, -0.25) is 10.1 Å². The van der Waals surface area contributed by atoms with E-state index in [0.717, 1.165) is 28.2 Å². The van der Waals surface area contributed by atoms with E-state index in [9.17, 15) is 4.79 Å². The standard InChI is InChI=1S/C27H23N5O2/c1-34-22-15-12-19(13-16-22)14-17-25(33)29-26-30-27-28-23(20-8-4-2-5-9-20)18-24(32(27)31-26)21-10-6-3-7-11-21/h2-17,24H,18H2,1H3,(H,29,31,33)/b17-14+. The third kappa shape index (κ3) is 4.63. The van der Waals surface area contributed by atoms with E-state index in [1.54, 1.807) is 17.9 Å². The highest BCUT2D eigenvalue weighted by Crippen LogP contribution is 2.33. The van der Waals surface area contributed by atoms with Crippen LogP contribution in [-0.4, -0.2) is 33.5 Å². The maximum Gasteiger partial charge on any atom is 0.250 e. The first-order valence-electron chi connectivity index (χ1n) is 11.0. The van der Waals surface area contributed by atoms with Gasteiger partial charge in [-0.2, -0.15) is 4.98 Å². The smallest absolute Gasteiger partial charge is 0.250 e. The van der Waals surface area contributed by atoms with Crippen molar-refractivity contribution in [3.05, 3.63) is 108 Å². The van der Waals surface area contributed by atoms with Crippen molar-refractivity contribution in [1.29, 1.82) is 0 Å². The van der Waals surface area contributed by atoms with E-state index in [4.69, 9.17) is 9.73 Å². The molecule has 0 fully saturated rings. The summed E-state index contributed by atoms with van der Waals surface area (Å²) in [6.45, 7) is 0. The molecule has 1 aromatic heterocycles. The molecule has 0 saturated heterocycles. The third-order valence-corrected chi connectivity index (χ3v) is 5.60. The van der Waals surface area contributed by atoms with Crippen molar-refractivity contribution in [3.63, 3.8) is 0 Å². The van der Waals surface area contributed by atoms with Crippen LogP contribution in [0.1, 0.15) is 29.2 Å². The number of hydrogen-bond donors (Lipinski definition) is 1. The number of ether oxygens (including phenoxy) is 1. The van der Waals surface area contributed by atoms with Gasteiger partial charge in [-0.25, -0.2) is 9.67 Å². The molecule has 7 heteroatoms. The number of methoxy groups -OCH3 is 1. The molecular weight excluding hydrogens is 426 g/mol. The molecule has 1 unspecified atom stereocenters. The van der Waals surface area contributed by atoms with Gasteiger partial charge in [0, 0.05) is 12.5 Å². The Bertz CT molecular complexity index is 1340.